The summed E-state index contributed by atoms with van der Waals surface area (Å²) in [5.74, 6) is -0.449. The van der Waals surface area contributed by atoms with Crippen LogP contribution in [-0.2, 0) is 16.6 Å². The van der Waals surface area contributed by atoms with Gasteiger partial charge in [-0.05, 0) is 42.8 Å². The minimum Gasteiger partial charge on any atom is -0.315 e. The normalized spacial score (nSPS) is 12.4. The molecule has 1 heterocycles. The molecule has 0 N–H and O–H groups in total. The first-order valence-electron chi connectivity index (χ1n) is 10.0. The summed E-state index contributed by atoms with van der Waals surface area (Å²) in [4.78, 5) is 17.8. The lowest BCUT2D eigenvalue weighted by atomic mass is 10.2. The highest BCUT2D eigenvalue weighted by molar-refractivity contribution is 7.89. The van der Waals surface area contributed by atoms with Crippen LogP contribution in [0.5, 0.6) is 0 Å². The van der Waals surface area contributed by atoms with Gasteiger partial charge in [0.2, 0.25) is 10.0 Å². The van der Waals surface area contributed by atoms with Gasteiger partial charge in [0.25, 0.3) is 5.91 Å². The Morgan fingerprint density at radius 3 is 2.41 bits per heavy atom. The molecule has 0 spiro atoms. The predicted octanol–water partition coefficient (Wildman–Crippen LogP) is 4.87. The minimum absolute atomic E-state index is 0.0902. The van der Waals surface area contributed by atoms with Crippen LogP contribution in [0.4, 0.5) is 0 Å². The van der Waals surface area contributed by atoms with Crippen molar-refractivity contribution in [2.75, 3.05) is 13.1 Å². The fourth-order valence-corrected chi connectivity index (χ4v) is 6.03. The third kappa shape index (κ3) is 4.94. The van der Waals surface area contributed by atoms with Crippen molar-refractivity contribution in [3.05, 3.63) is 83.2 Å². The first-order valence-corrected chi connectivity index (χ1v) is 12.7. The molecular weight excluding hydrogens is 466 g/mol. The summed E-state index contributed by atoms with van der Waals surface area (Å²) in [6.45, 7) is 10.2. The number of hydrogen-bond acceptors (Lipinski definition) is 4. The van der Waals surface area contributed by atoms with Gasteiger partial charge >= 0.3 is 0 Å². The van der Waals surface area contributed by atoms with Gasteiger partial charge in [-0.2, -0.15) is 9.30 Å². The van der Waals surface area contributed by atoms with E-state index in [0.717, 1.165) is 16.6 Å². The molecule has 1 amide bonds. The number of aryl methyl sites for hydroxylation is 1. The zero-order chi connectivity index (χ0) is 23.3. The molecule has 6 nitrogen and oxygen atoms in total. The Kier molecular flexibility index (Phi) is 7.84. The quantitative estimate of drug-likeness (QED) is 0.402. The molecule has 0 radical (unpaired) electrons. The van der Waals surface area contributed by atoms with Crippen LogP contribution >= 0.6 is 22.9 Å². The van der Waals surface area contributed by atoms with E-state index in [1.807, 2.05) is 29.7 Å². The van der Waals surface area contributed by atoms with Crippen LogP contribution in [0.3, 0.4) is 0 Å². The van der Waals surface area contributed by atoms with Crippen molar-refractivity contribution in [3.8, 4) is 0 Å². The van der Waals surface area contributed by atoms with Crippen molar-refractivity contribution < 1.29 is 13.2 Å². The Bertz CT molecular complexity index is 1310. The summed E-state index contributed by atoms with van der Waals surface area (Å²) in [5.41, 5.74) is 1.16. The van der Waals surface area contributed by atoms with E-state index in [4.69, 9.17) is 11.6 Å². The maximum absolute atomic E-state index is 12.8. The molecule has 0 saturated heterocycles. The third-order valence-corrected chi connectivity index (χ3v) is 7.90. The number of sulfonamides is 1. The highest BCUT2D eigenvalue weighted by Gasteiger charge is 2.22. The van der Waals surface area contributed by atoms with Gasteiger partial charge < -0.3 is 4.57 Å². The Morgan fingerprint density at radius 1 is 1.16 bits per heavy atom. The summed E-state index contributed by atoms with van der Waals surface area (Å²) in [6, 6.07) is 11.4. The van der Waals surface area contributed by atoms with Gasteiger partial charge in [0, 0.05) is 25.2 Å². The Labute approximate surface area is 196 Å². The molecule has 2 aromatic carbocycles. The number of fused-ring (bicyclic) bond motifs is 1. The third-order valence-electron chi connectivity index (χ3n) is 4.70. The van der Waals surface area contributed by atoms with E-state index in [2.05, 4.69) is 18.2 Å². The van der Waals surface area contributed by atoms with Crippen LogP contribution in [0.25, 0.3) is 10.2 Å². The van der Waals surface area contributed by atoms with Gasteiger partial charge in [0.15, 0.2) is 4.80 Å². The number of carbonyl (C=O) groups is 1. The van der Waals surface area contributed by atoms with Crippen molar-refractivity contribution in [1.29, 1.82) is 0 Å². The lowest BCUT2D eigenvalue weighted by Gasteiger charge is -2.19. The lowest BCUT2D eigenvalue weighted by molar-refractivity contribution is 0.0997. The second kappa shape index (κ2) is 10.4. The molecule has 9 heteroatoms. The lowest BCUT2D eigenvalue weighted by Crippen LogP contribution is -2.31. The minimum atomic E-state index is -3.73. The number of amides is 1. The van der Waals surface area contributed by atoms with Crippen molar-refractivity contribution >= 4 is 49.1 Å². The fraction of sp³-hybridized carbons (Fsp3) is 0.217. The summed E-state index contributed by atoms with van der Waals surface area (Å²) >= 11 is 7.77. The average molecular weight is 490 g/mol. The molecule has 3 aromatic rings. The zero-order valence-electron chi connectivity index (χ0n) is 17.7. The zero-order valence-corrected chi connectivity index (χ0v) is 20.1. The molecule has 0 atom stereocenters. The molecule has 0 fully saturated rings. The van der Waals surface area contributed by atoms with E-state index in [1.165, 1.54) is 52.1 Å². The van der Waals surface area contributed by atoms with Crippen molar-refractivity contribution in [3.63, 3.8) is 0 Å². The average Bonchev–Trinajstić information content (AvgIpc) is 3.12. The number of rotatable bonds is 9. The van der Waals surface area contributed by atoms with Gasteiger partial charge in [-0.3, -0.25) is 4.79 Å². The second-order valence-electron chi connectivity index (χ2n) is 6.96. The second-order valence-corrected chi connectivity index (χ2v) is 10.3. The van der Waals surface area contributed by atoms with Crippen molar-refractivity contribution in [2.24, 2.45) is 4.99 Å². The number of para-hydroxylation sites is 1. The van der Waals surface area contributed by atoms with E-state index >= 15 is 0 Å². The molecule has 3 rings (SSSR count). The number of nitrogens with zero attached hydrogens (tertiary/aromatic N) is 3. The Balaban J connectivity index is 1.97. The smallest absolute Gasteiger partial charge is 0.279 e. The summed E-state index contributed by atoms with van der Waals surface area (Å²) in [6.07, 6.45) is 3.89. The van der Waals surface area contributed by atoms with Gasteiger partial charge in [-0.25, -0.2) is 8.42 Å². The number of aromatic nitrogens is 1. The SMILES string of the molecule is C=CCN(CC=C)S(=O)(=O)c1ccc(C(=O)N=c2sc3cccc(Cl)c3n2CCC)cc1. The van der Waals surface area contributed by atoms with Gasteiger partial charge in [0.1, 0.15) is 0 Å². The molecule has 0 bridgehead atoms. The summed E-state index contributed by atoms with van der Waals surface area (Å²) in [5, 5.41) is 0.610. The van der Waals surface area contributed by atoms with Crippen LogP contribution in [0.1, 0.15) is 23.7 Å². The van der Waals surface area contributed by atoms with Gasteiger partial charge in [-0.1, -0.05) is 48.1 Å². The molecular formula is C23H24ClN3O3S2. The molecule has 0 aliphatic carbocycles. The van der Waals surface area contributed by atoms with Crippen LogP contribution in [0.15, 0.2) is 77.7 Å². The number of halogens is 1. The highest BCUT2D eigenvalue weighted by Crippen LogP contribution is 2.25. The van der Waals surface area contributed by atoms with Gasteiger partial charge in [0.05, 0.1) is 20.1 Å². The van der Waals surface area contributed by atoms with Gasteiger partial charge in [-0.15, -0.1) is 13.2 Å². The molecule has 0 unspecified atom stereocenters. The number of thiazole rings is 1. The van der Waals surface area contributed by atoms with E-state index in [0.29, 0.717) is 21.9 Å². The molecule has 32 heavy (non-hydrogen) atoms. The van der Waals surface area contributed by atoms with E-state index < -0.39 is 15.9 Å². The molecule has 168 valence electrons. The molecule has 1 aromatic heterocycles. The van der Waals surface area contributed by atoms with E-state index in [-0.39, 0.29) is 18.0 Å². The molecule has 0 saturated carbocycles. The highest BCUT2D eigenvalue weighted by atomic mass is 35.5. The number of benzene rings is 2. The summed E-state index contributed by atoms with van der Waals surface area (Å²) in [7, 11) is -3.73. The van der Waals surface area contributed by atoms with Crippen molar-refractivity contribution in [1.82, 2.24) is 8.87 Å². The molecule has 0 aliphatic rings. The topological polar surface area (TPSA) is 71.7 Å². The first kappa shape index (κ1) is 24.1. The van der Waals surface area contributed by atoms with Crippen LogP contribution in [0, 0.1) is 0 Å². The standard InChI is InChI=1S/C23H24ClN3O3S2/c1-4-14-26(15-5-2)32(29,30)18-12-10-17(11-13-18)22(28)25-23-27(16-6-3)21-19(24)8-7-9-20(21)31-23/h4-5,7-13H,1-2,6,14-16H2,3H3. The van der Waals surface area contributed by atoms with Crippen LogP contribution in [0.2, 0.25) is 5.02 Å². The Hall–Kier alpha value is -2.52. The first-order chi connectivity index (χ1) is 15.3. The van der Waals surface area contributed by atoms with E-state index in [1.54, 1.807) is 0 Å². The maximum atomic E-state index is 12.8. The van der Waals surface area contributed by atoms with Crippen LogP contribution in [-0.4, -0.2) is 36.3 Å². The number of carbonyl (C=O) groups excluding carboxylic acids is 1. The van der Waals surface area contributed by atoms with Crippen molar-refractivity contribution in [2.45, 2.75) is 24.8 Å². The summed E-state index contributed by atoms with van der Waals surface area (Å²) < 4.78 is 29.8. The predicted molar refractivity (Wildman–Crippen MR) is 131 cm³/mol. The maximum Gasteiger partial charge on any atom is 0.279 e. The fourth-order valence-electron chi connectivity index (χ4n) is 3.23. The van der Waals surface area contributed by atoms with E-state index in [9.17, 15) is 13.2 Å². The molecule has 0 aliphatic heterocycles. The Morgan fingerprint density at radius 2 is 1.81 bits per heavy atom. The largest absolute Gasteiger partial charge is 0.315 e. The number of hydrogen-bond donors (Lipinski definition) is 0. The monoisotopic (exact) mass is 489 g/mol. The van der Waals surface area contributed by atoms with Crippen LogP contribution < -0.4 is 4.80 Å².